The summed E-state index contributed by atoms with van der Waals surface area (Å²) < 4.78 is 20.7. The summed E-state index contributed by atoms with van der Waals surface area (Å²) in [6.45, 7) is 6.01. The number of nitrogens with zero attached hydrogens (tertiary/aromatic N) is 2. The fourth-order valence-corrected chi connectivity index (χ4v) is 7.18. The molecule has 10 nitrogen and oxygen atoms in total. The summed E-state index contributed by atoms with van der Waals surface area (Å²) in [5.74, 6) is -5.16. The Morgan fingerprint density at radius 3 is 2.37 bits per heavy atom. The molecule has 2 aliphatic rings. The van der Waals surface area contributed by atoms with Gasteiger partial charge in [0.25, 0.3) is 5.69 Å². The van der Waals surface area contributed by atoms with Crippen LogP contribution in [0.5, 0.6) is 5.75 Å². The second kappa shape index (κ2) is 10.7. The predicted octanol–water partition coefficient (Wildman–Crippen LogP) is 4.53. The zero-order valence-corrected chi connectivity index (χ0v) is 24.1. The van der Waals surface area contributed by atoms with E-state index in [-0.39, 0.29) is 23.4 Å². The molecule has 2 aromatic carbocycles. The Labute approximate surface area is 244 Å². The van der Waals surface area contributed by atoms with Crippen LogP contribution < -0.4 is 4.74 Å². The van der Waals surface area contributed by atoms with E-state index >= 15 is 0 Å². The van der Waals surface area contributed by atoms with Gasteiger partial charge in [0.2, 0.25) is 16.4 Å². The van der Waals surface area contributed by atoms with Gasteiger partial charge in [0.15, 0.2) is 5.78 Å². The monoisotopic (exact) mass is 606 g/mol. The fraction of sp³-hybridized carbons (Fsp3) is 0.393. The van der Waals surface area contributed by atoms with Crippen molar-refractivity contribution in [2.75, 3.05) is 0 Å². The van der Waals surface area contributed by atoms with Crippen LogP contribution in [-0.2, 0) is 20.8 Å². The molecule has 0 aliphatic carbocycles. The standard InChI is InChI=1S/C28H28ClFN2O8S/c1-15(33)21-22(29)31(23(21)34)28(25(36)37)27(24(35)26(2,3)4,40-20-7-5-6-18(30)13-20)17(14-41-28)12-16-8-10-19(11-9-16)32(38)39/h5-11,13-15,21-22,33H,12H2,1-4H3,(H,36,37)/t15-,21-,22-,27?,28?/m1/s1. The van der Waals surface area contributed by atoms with E-state index in [4.69, 9.17) is 16.3 Å². The number of β-lactam (4-membered cyclic amide) rings is 1. The van der Waals surface area contributed by atoms with E-state index in [1.807, 2.05) is 0 Å². The van der Waals surface area contributed by atoms with Crippen molar-refractivity contribution in [3.05, 3.63) is 81.0 Å². The number of carbonyl (C=O) groups excluding carboxylic acids is 2. The first-order valence-electron chi connectivity index (χ1n) is 12.6. The van der Waals surface area contributed by atoms with Crippen molar-refractivity contribution < 1.29 is 38.6 Å². The van der Waals surface area contributed by atoms with Gasteiger partial charge in [-0.05, 0) is 42.0 Å². The number of benzene rings is 2. The van der Waals surface area contributed by atoms with Gasteiger partial charge in [-0.15, -0.1) is 0 Å². The summed E-state index contributed by atoms with van der Waals surface area (Å²) in [4.78, 5) is 50.3. The molecule has 0 spiro atoms. The lowest BCUT2D eigenvalue weighted by Crippen LogP contribution is -2.80. The van der Waals surface area contributed by atoms with E-state index in [1.165, 1.54) is 48.7 Å². The molecule has 41 heavy (non-hydrogen) atoms. The van der Waals surface area contributed by atoms with E-state index in [0.29, 0.717) is 17.3 Å². The number of ketones is 1. The maximum Gasteiger partial charge on any atom is 0.345 e. The first kappa shape index (κ1) is 30.5. The molecule has 5 atom stereocenters. The molecule has 2 aromatic rings. The number of ether oxygens (including phenoxy) is 1. The van der Waals surface area contributed by atoms with Gasteiger partial charge in [-0.2, -0.15) is 0 Å². The number of non-ortho nitro benzene ring substituents is 1. The Bertz CT molecular complexity index is 1440. The van der Waals surface area contributed by atoms with Gasteiger partial charge in [0, 0.05) is 23.6 Å². The summed E-state index contributed by atoms with van der Waals surface area (Å²) in [6.07, 6.45) is -1.31. The predicted molar refractivity (Wildman–Crippen MR) is 149 cm³/mol. The van der Waals surface area contributed by atoms with Crippen molar-refractivity contribution in [3.8, 4) is 5.75 Å². The molecule has 4 rings (SSSR count). The summed E-state index contributed by atoms with van der Waals surface area (Å²) >= 11 is 7.21. The Morgan fingerprint density at radius 2 is 1.88 bits per heavy atom. The van der Waals surface area contributed by atoms with Gasteiger partial charge in [0.1, 0.15) is 17.1 Å². The van der Waals surface area contributed by atoms with Crippen LogP contribution in [0.15, 0.2) is 59.5 Å². The lowest BCUT2D eigenvalue weighted by molar-refractivity contribution is -0.384. The van der Waals surface area contributed by atoms with Crippen LogP contribution in [0, 0.1) is 27.3 Å². The highest BCUT2D eigenvalue weighted by Crippen LogP contribution is 2.59. The minimum absolute atomic E-state index is 0.105. The van der Waals surface area contributed by atoms with Crippen LogP contribution in [0.1, 0.15) is 33.3 Å². The smallest absolute Gasteiger partial charge is 0.345 e. The normalized spacial score (nSPS) is 26.7. The molecule has 0 radical (unpaired) electrons. The zero-order valence-electron chi connectivity index (χ0n) is 22.5. The first-order valence-corrected chi connectivity index (χ1v) is 13.9. The van der Waals surface area contributed by atoms with Gasteiger partial charge >= 0.3 is 5.97 Å². The number of halogens is 2. The number of likely N-dealkylation sites (tertiary alicyclic amines) is 1. The Kier molecular flexibility index (Phi) is 7.98. The number of aliphatic carboxylic acids is 1. The second-order valence-electron chi connectivity index (χ2n) is 11.0. The molecule has 0 aromatic heterocycles. The second-order valence-corrected chi connectivity index (χ2v) is 12.5. The fourth-order valence-electron chi connectivity index (χ4n) is 5.15. The van der Waals surface area contributed by atoms with Gasteiger partial charge in [-0.25, -0.2) is 9.18 Å². The van der Waals surface area contributed by atoms with Gasteiger partial charge < -0.3 is 14.9 Å². The SMILES string of the molecule is C[C@@H](O)[C@H]1C(=O)N(C2(C(=O)O)SC=C(Cc3ccc([N+](=O)[O-])cc3)C2(Oc2cccc(F)c2)C(=O)C(C)(C)C)[C@H]1Cl. The van der Waals surface area contributed by atoms with E-state index in [2.05, 4.69) is 0 Å². The number of rotatable bonds is 9. The molecule has 1 fully saturated rings. The number of alkyl halides is 1. The largest absolute Gasteiger partial charge is 0.479 e. The van der Waals surface area contributed by atoms with E-state index in [0.717, 1.165) is 17.0 Å². The topological polar surface area (TPSA) is 147 Å². The minimum atomic E-state index is -2.49. The van der Waals surface area contributed by atoms with Crippen molar-refractivity contribution in [3.63, 3.8) is 0 Å². The first-order chi connectivity index (χ1) is 19.1. The molecule has 218 valence electrons. The number of nitro groups is 1. The third kappa shape index (κ3) is 4.87. The number of carbonyl (C=O) groups is 3. The molecule has 2 heterocycles. The highest BCUT2D eigenvalue weighted by Gasteiger charge is 2.77. The maximum atomic E-state index is 14.6. The highest BCUT2D eigenvalue weighted by atomic mass is 35.5. The van der Waals surface area contributed by atoms with Crippen LogP contribution in [0.25, 0.3) is 0 Å². The number of hydrogen-bond acceptors (Lipinski definition) is 8. The molecule has 2 aliphatic heterocycles. The number of Topliss-reactive ketones (excluding diaryl/α,β-unsaturated/α-hetero) is 1. The molecule has 2 N–H and O–H groups in total. The maximum absolute atomic E-state index is 14.6. The number of carboxylic acids is 1. The van der Waals surface area contributed by atoms with E-state index in [9.17, 15) is 39.1 Å². The third-order valence-electron chi connectivity index (χ3n) is 7.13. The molecular formula is C28H28ClFN2O8S. The van der Waals surface area contributed by atoms with Gasteiger partial charge in [-0.3, -0.25) is 24.6 Å². The van der Waals surface area contributed by atoms with Crippen molar-refractivity contribution >= 4 is 46.7 Å². The Balaban J connectivity index is 1.98. The van der Waals surface area contributed by atoms with Crippen LogP contribution in [0.3, 0.4) is 0 Å². The number of aliphatic hydroxyl groups is 1. The van der Waals surface area contributed by atoms with Crippen LogP contribution in [0.4, 0.5) is 10.1 Å². The van der Waals surface area contributed by atoms with Crippen LogP contribution in [0.2, 0.25) is 0 Å². The number of carboxylic acid groups (broad SMARTS) is 1. The summed E-state index contributed by atoms with van der Waals surface area (Å²) in [5.41, 5.74) is -4.58. The summed E-state index contributed by atoms with van der Waals surface area (Å²) in [7, 11) is 0. The number of hydrogen-bond donors (Lipinski definition) is 2. The van der Waals surface area contributed by atoms with Gasteiger partial charge in [-0.1, -0.05) is 62.3 Å². The van der Waals surface area contributed by atoms with E-state index < -0.39 is 61.8 Å². The molecule has 1 amide bonds. The quantitative estimate of drug-likeness (QED) is 0.138. The number of amides is 1. The third-order valence-corrected chi connectivity index (χ3v) is 8.99. The molecule has 2 unspecified atom stereocenters. The van der Waals surface area contributed by atoms with Crippen molar-refractivity contribution in [1.82, 2.24) is 4.90 Å². The molecule has 0 saturated carbocycles. The lowest BCUT2D eigenvalue weighted by Gasteiger charge is -2.57. The number of aliphatic hydroxyl groups excluding tert-OH is 1. The molecule has 0 bridgehead atoms. The Morgan fingerprint density at radius 1 is 1.24 bits per heavy atom. The minimum Gasteiger partial charge on any atom is -0.479 e. The van der Waals surface area contributed by atoms with Gasteiger partial charge in [0.05, 0.1) is 16.9 Å². The number of nitro benzene ring substituents is 1. The van der Waals surface area contributed by atoms with E-state index in [1.54, 1.807) is 20.8 Å². The van der Waals surface area contributed by atoms with Crippen LogP contribution in [-0.4, -0.2) is 59.8 Å². The van der Waals surface area contributed by atoms with Crippen LogP contribution >= 0.6 is 23.4 Å². The molecule has 13 heteroatoms. The summed E-state index contributed by atoms with van der Waals surface area (Å²) in [5, 5.41) is 33.6. The average Bonchev–Trinajstić information content (AvgIpc) is 3.17. The highest BCUT2D eigenvalue weighted by molar-refractivity contribution is 8.04. The van der Waals surface area contributed by atoms with Crippen molar-refractivity contribution in [1.29, 1.82) is 0 Å². The molecule has 1 saturated heterocycles. The molecular weight excluding hydrogens is 579 g/mol. The summed E-state index contributed by atoms with van der Waals surface area (Å²) in [6, 6.07) is 10.3. The number of thioether (sulfide) groups is 1. The zero-order chi connectivity index (χ0) is 30.5. The Hall–Kier alpha value is -3.48. The van der Waals surface area contributed by atoms with Crippen molar-refractivity contribution in [2.45, 2.75) is 56.2 Å². The average molecular weight is 607 g/mol. The lowest BCUT2D eigenvalue weighted by atomic mass is 9.69. The van der Waals surface area contributed by atoms with Crippen molar-refractivity contribution in [2.24, 2.45) is 11.3 Å².